The van der Waals surface area contributed by atoms with Gasteiger partial charge in [0.15, 0.2) is 0 Å². The van der Waals surface area contributed by atoms with Crippen molar-refractivity contribution in [3.05, 3.63) is 29.3 Å². The van der Waals surface area contributed by atoms with Gasteiger partial charge in [-0.05, 0) is 24.2 Å². The highest BCUT2D eigenvalue weighted by molar-refractivity contribution is 5.34. The molecule has 0 amide bonds. The normalized spacial score (nSPS) is 16.1. The number of benzene rings is 1. The Kier molecular flexibility index (Phi) is 3.11. The molecule has 0 atom stereocenters. The van der Waals surface area contributed by atoms with Gasteiger partial charge in [-0.1, -0.05) is 20.8 Å². The van der Waals surface area contributed by atoms with E-state index in [2.05, 4.69) is 0 Å². The second-order valence-electron chi connectivity index (χ2n) is 5.77. The maximum absolute atomic E-state index is 13.8. The molecule has 0 saturated heterocycles. The van der Waals surface area contributed by atoms with Crippen LogP contribution in [0.15, 0.2) is 12.1 Å². The molecule has 1 fully saturated rings. The SMILES string of the molecule is CC(C)(C)c1c(F)cc(OCC2CC2)cc1F. The fourth-order valence-corrected chi connectivity index (χ4v) is 1.85. The van der Waals surface area contributed by atoms with E-state index in [1.165, 1.54) is 12.1 Å². The molecule has 1 aromatic rings. The van der Waals surface area contributed by atoms with Gasteiger partial charge in [0.2, 0.25) is 0 Å². The van der Waals surface area contributed by atoms with Gasteiger partial charge >= 0.3 is 0 Å². The third-order valence-electron chi connectivity index (χ3n) is 2.95. The highest BCUT2D eigenvalue weighted by Gasteiger charge is 2.25. The zero-order valence-corrected chi connectivity index (χ0v) is 10.5. The van der Waals surface area contributed by atoms with E-state index in [-0.39, 0.29) is 5.56 Å². The number of ether oxygens (including phenoxy) is 1. The van der Waals surface area contributed by atoms with Gasteiger partial charge in [-0.25, -0.2) is 8.78 Å². The Bertz CT molecular complexity index is 394. The third kappa shape index (κ3) is 2.96. The second-order valence-corrected chi connectivity index (χ2v) is 5.77. The molecule has 3 heteroatoms. The summed E-state index contributed by atoms with van der Waals surface area (Å²) in [6.07, 6.45) is 2.32. The standard InChI is InChI=1S/C14H18F2O/c1-14(2,3)13-11(15)6-10(7-12(13)16)17-8-9-4-5-9/h6-7,9H,4-5,8H2,1-3H3. The molecule has 1 aromatic carbocycles. The highest BCUT2D eigenvalue weighted by atomic mass is 19.1. The van der Waals surface area contributed by atoms with Crippen molar-refractivity contribution in [3.63, 3.8) is 0 Å². The molecule has 0 aliphatic heterocycles. The van der Waals surface area contributed by atoms with E-state index in [4.69, 9.17) is 4.74 Å². The van der Waals surface area contributed by atoms with Crippen LogP contribution in [-0.4, -0.2) is 6.61 Å². The van der Waals surface area contributed by atoms with Crippen molar-refractivity contribution in [2.24, 2.45) is 5.92 Å². The summed E-state index contributed by atoms with van der Waals surface area (Å²) in [5.74, 6) is -0.185. The number of hydrogen-bond donors (Lipinski definition) is 0. The minimum absolute atomic E-state index is 0.122. The van der Waals surface area contributed by atoms with Gasteiger partial charge in [-0.2, -0.15) is 0 Å². The lowest BCUT2D eigenvalue weighted by Crippen LogP contribution is -2.16. The fourth-order valence-electron chi connectivity index (χ4n) is 1.85. The van der Waals surface area contributed by atoms with Crippen molar-refractivity contribution in [1.29, 1.82) is 0 Å². The average molecular weight is 240 g/mol. The van der Waals surface area contributed by atoms with Crippen molar-refractivity contribution in [3.8, 4) is 5.75 Å². The first-order valence-electron chi connectivity index (χ1n) is 6.00. The van der Waals surface area contributed by atoms with Crippen LogP contribution >= 0.6 is 0 Å². The Labute approximate surface area is 101 Å². The summed E-state index contributed by atoms with van der Waals surface area (Å²) >= 11 is 0. The monoisotopic (exact) mass is 240 g/mol. The summed E-state index contributed by atoms with van der Waals surface area (Å²) in [6.45, 7) is 5.94. The summed E-state index contributed by atoms with van der Waals surface area (Å²) in [7, 11) is 0. The number of rotatable bonds is 3. The molecule has 0 aromatic heterocycles. The van der Waals surface area contributed by atoms with Gasteiger partial charge in [0.05, 0.1) is 6.61 Å². The van der Waals surface area contributed by atoms with Crippen LogP contribution in [0.1, 0.15) is 39.2 Å². The van der Waals surface area contributed by atoms with E-state index in [1.807, 2.05) is 0 Å². The van der Waals surface area contributed by atoms with E-state index in [0.717, 1.165) is 12.8 Å². The van der Waals surface area contributed by atoms with Crippen LogP contribution in [0.3, 0.4) is 0 Å². The molecule has 17 heavy (non-hydrogen) atoms. The molecule has 0 spiro atoms. The largest absolute Gasteiger partial charge is 0.493 e. The number of hydrogen-bond acceptors (Lipinski definition) is 1. The van der Waals surface area contributed by atoms with E-state index in [9.17, 15) is 8.78 Å². The smallest absolute Gasteiger partial charge is 0.133 e. The zero-order valence-electron chi connectivity index (χ0n) is 10.5. The maximum atomic E-state index is 13.8. The summed E-state index contributed by atoms with van der Waals surface area (Å²) in [6, 6.07) is 2.57. The summed E-state index contributed by atoms with van der Waals surface area (Å²) < 4.78 is 33.0. The Morgan fingerprint density at radius 1 is 1.18 bits per heavy atom. The van der Waals surface area contributed by atoms with Crippen molar-refractivity contribution in [1.82, 2.24) is 0 Å². The van der Waals surface area contributed by atoms with Crippen molar-refractivity contribution in [2.75, 3.05) is 6.61 Å². The predicted molar refractivity (Wildman–Crippen MR) is 63.3 cm³/mol. The highest BCUT2D eigenvalue weighted by Crippen LogP contribution is 2.33. The van der Waals surface area contributed by atoms with Crippen LogP contribution in [0.4, 0.5) is 8.78 Å². The van der Waals surface area contributed by atoms with Gasteiger partial charge in [0.25, 0.3) is 0 Å². The van der Waals surface area contributed by atoms with Gasteiger partial charge in [-0.15, -0.1) is 0 Å². The lowest BCUT2D eigenvalue weighted by molar-refractivity contribution is 0.295. The molecule has 0 N–H and O–H groups in total. The fraction of sp³-hybridized carbons (Fsp3) is 0.571. The summed E-state index contributed by atoms with van der Waals surface area (Å²) in [5.41, 5.74) is -0.417. The van der Waals surface area contributed by atoms with Crippen LogP contribution < -0.4 is 4.74 Å². The molecule has 0 unspecified atom stereocenters. The average Bonchev–Trinajstić information content (AvgIpc) is 2.94. The van der Waals surface area contributed by atoms with Crippen molar-refractivity contribution < 1.29 is 13.5 Å². The molecular weight excluding hydrogens is 222 g/mol. The van der Waals surface area contributed by atoms with Gasteiger partial charge in [-0.3, -0.25) is 0 Å². The molecule has 94 valence electrons. The van der Waals surface area contributed by atoms with Crippen LogP contribution in [0.5, 0.6) is 5.75 Å². The van der Waals surface area contributed by atoms with Crippen LogP contribution in [0.25, 0.3) is 0 Å². The minimum Gasteiger partial charge on any atom is -0.493 e. The molecule has 0 radical (unpaired) electrons. The Morgan fingerprint density at radius 2 is 1.71 bits per heavy atom. The molecule has 1 aliphatic rings. The second kappa shape index (κ2) is 4.28. The lowest BCUT2D eigenvalue weighted by atomic mass is 9.86. The lowest BCUT2D eigenvalue weighted by Gasteiger charge is -2.21. The maximum Gasteiger partial charge on any atom is 0.133 e. The van der Waals surface area contributed by atoms with Gasteiger partial charge in [0.1, 0.15) is 17.4 Å². The quantitative estimate of drug-likeness (QED) is 0.774. The first-order chi connectivity index (χ1) is 7.88. The van der Waals surface area contributed by atoms with E-state index < -0.39 is 17.0 Å². The van der Waals surface area contributed by atoms with Gasteiger partial charge < -0.3 is 4.74 Å². The Hall–Kier alpha value is -1.12. The first kappa shape index (κ1) is 12.3. The molecule has 1 nitrogen and oxygen atoms in total. The Balaban J connectivity index is 2.21. The molecule has 2 rings (SSSR count). The predicted octanol–water partition coefficient (Wildman–Crippen LogP) is 4.05. The zero-order chi connectivity index (χ0) is 12.6. The summed E-state index contributed by atoms with van der Waals surface area (Å²) in [4.78, 5) is 0. The summed E-state index contributed by atoms with van der Waals surface area (Å²) in [5, 5.41) is 0. The van der Waals surface area contributed by atoms with Gasteiger partial charge in [0, 0.05) is 17.7 Å². The Morgan fingerprint density at radius 3 is 2.12 bits per heavy atom. The van der Waals surface area contributed by atoms with Crippen LogP contribution in [0.2, 0.25) is 0 Å². The van der Waals surface area contributed by atoms with Crippen LogP contribution in [-0.2, 0) is 5.41 Å². The van der Waals surface area contributed by atoms with E-state index in [1.54, 1.807) is 20.8 Å². The molecule has 0 bridgehead atoms. The topological polar surface area (TPSA) is 9.23 Å². The molecule has 0 heterocycles. The molecule has 1 saturated carbocycles. The van der Waals surface area contributed by atoms with Crippen molar-refractivity contribution in [2.45, 2.75) is 39.0 Å². The van der Waals surface area contributed by atoms with Crippen LogP contribution in [0, 0.1) is 17.6 Å². The molecular formula is C14H18F2O. The van der Waals surface area contributed by atoms with E-state index >= 15 is 0 Å². The van der Waals surface area contributed by atoms with Crippen molar-refractivity contribution >= 4 is 0 Å². The third-order valence-corrected chi connectivity index (χ3v) is 2.95. The number of halogens is 2. The first-order valence-corrected chi connectivity index (χ1v) is 6.00. The van der Waals surface area contributed by atoms with E-state index in [0.29, 0.717) is 18.3 Å². The molecule has 1 aliphatic carbocycles. The minimum atomic E-state index is -0.539.